The van der Waals surface area contributed by atoms with E-state index in [9.17, 15) is 0 Å². The largest absolute Gasteiger partial charge is 0.383 e. The molecule has 0 heterocycles. The normalized spacial score (nSPS) is 24.4. The van der Waals surface area contributed by atoms with Crippen molar-refractivity contribution in [3.8, 4) is 0 Å². The first kappa shape index (κ1) is 14.4. The van der Waals surface area contributed by atoms with Crippen molar-refractivity contribution >= 4 is 23.0 Å². The molecular weight excluding hydrogens is 234 g/mol. The average Bonchev–Trinajstić information content (AvgIpc) is 2.28. The van der Waals surface area contributed by atoms with E-state index in [4.69, 9.17) is 17.0 Å². The van der Waals surface area contributed by atoms with Gasteiger partial charge in [-0.2, -0.15) is 5.10 Å². The molecule has 0 bridgehead atoms. The Balaban J connectivity index is 2.33. The van der Waals surface area contributed by atoms with Gasteiger partial charge in [-0.15, -0.1) is 0 Å². The molecule has 17 heavy (non-hydrogen) atoms. The van der Waals surface area contributed by atoms with E-state index in [1.54, 1.807) is 7.11 Å². The van der Waals surface area contributed by atoms with E-state index in [0.717, 1.165) is 6.42 Å². The predicted octanol–water partition coefficient (Wildman–Crippen LogP) is 2.05. The second-order valence-corrected chi connectivity index (χ2v) is 5.10. The van der Waals surface area contributed by atoms with Gasteiger partial charge in [-0.05, 0) is 44.3 Å². The Morgan fingerprint density at radius 1 is 1.59 bits per heavy atom. The van der Waals surface area contributed by atoms with Gasteiger partial charge in [-0.1, -0.05) is 13.3 Å². The number of nitrogens with one attached hydrogen (secondary N) is 2. The Kier molecular flexibility index (Phi) is 6.44. The van der Waals surface area contributed by atoms with Crippen molar-refractivity contribution in [1.82, 2.24) is 10.7 Å². The van der Waals surface area contributed by atoms with Crippen LogP contribution in [-0.2, 0) is 4.74 Å². The number of hydrogen-bond acceptors (Lipinski definition) is 3. The molecule has 1 fully saturated rings. The summed E-state index contributed by atoms with van der Waals surface area (Å²) in [6.07, 6.45) is 4.88. The Labute approximate surface area is 109 Å². The molecule has 0 aliphatic heterocycles. The van der Waals surface area contributed by atoms with Gasteiger partial charge >= 0.3 is 0 Å². The molecule has 1 aliphatic rings. The first-order valence-corrected chi connectivity index (χ1v) is 6.66. The van der Waals surface area contributed by atoms with Crippen molar-refractivity contribution in [3.63, 3.8) is 0 Å². The maximum atomic E-state index is 5.17. The Morgan fingerprint density at radius 2 is 2.35 bits per heavy atom. The lowest BCUT2D eigenvalue weighted by Gasteiger charge is -2.20. The fraction of sp³-hybridized carbons (Fsp3) is 0.833. The van der Waals surface area contributed by atoms with E-state index in [1.165, 1.54) is 25.0 Å². The maximum Gasteiger partial charge on any atom is 0.187 e. The molecule has 0 radical (unpaired) electrons. The molecule has 0 aromatic rings. The van der Waals surface area contributed by atoms with Crippen LogP contribution in [0.3, 0.4) is 0 Å². The molecule has 1 rings (SSSR count). The van der Waals surface area contributed by atoms with Gasteiger partial charge < -0.3 is 10.1 Å². The molecule has 98 valence electrons. The van der Waals surface area contributed by atoms with Gasteiger partial charge in [0.25, 0.3) is 0 Å². The van der Waals surface area contributed by atoms with Crippen molar-refractivity contribution in [1.29, 1.82) is 0 Å². The fourth-order valence-electron chi connectivity index (χ4n) is 2.01. The maximum absolute atomic E-state index is 5.17. The number of nitrogens with zero attached hydrogens (tertiary/aromatic N) is 1. The highest BCUT2D eigenvalue weighted by molar-refractivity contribution is 7.80. The third-order valence-corrected chi connectivity index (χ3v) is 3.19. The van der Waals surface area contributed by atoms with Crippen LogP contribution in [0.25, 0.3) is 0 Å². The summed E-state index contributed by atoms with van der Waals surface area (Å²) >= 11 is 5.17. The lowest BCUT2D eigenvalue weighted by molar-refractivity contribution is 0.179. The van der Waals surface area contributed by atoms with Crippen LogP contribution in [0.4, 0.5) is 0 Å². The number of methoxy groups -OCH3 is 1. The zero-order chi connectivity index (χ0) is 12.7. The number of hydrogen-bond donors (Lipinski definition) is 2. The number of ether oxygens (including phenoxy) is 1. The van der Waals surface area contributed by atoms with E-state index >= 15 is 0 Å². The molecule has 0 unspecified atom stereocenters. The summed E-state index contributed by atoms with van der Waals surface area (Å²) in [5.41, 5.74) is 4.16. The van der Waals surface area contributed by atoms with Crippen LogP contribution >= 0.6 is 12.2 Å². The SMILES string of the molecule is COC[C@H](C)NC(=S)N/N=C1/CCCC[C@@H]1C. The monoisotopic (exact) mass is 257 g/mol. The summed E-state index contributed by atoms with van der Waals surface area (Å²) in [6, 6.07) is 0.198. The minimum absolute atomic E-state index is 0.198. The number of rotatable bonds is 4. The second-order valence-electron chi connectivity index (χ2n) is 4.69. The summed E-state index contributed by atoms with van der Waals surface area (Å²) in [5, 5.41) is 8.09. The van der Waals surface area contributed by atoms with E-state index < -0.39 is 0 Å². The zero-order valence-electron chi connectivity index (χ0n) is 11.0. The van der Waals surface area contributed by atoms with Crippen LogP contribution in [0.5, 0.6) is 0 Å². The van der Waals surface area contributed by atoms with Gasteiger partial charge in [-0.25, -0.2) is 0 Å². The highest BCUT2D eigenvalue weighted by Gasteiger charge is 2.15. The van der Waals surface area contributed by atoms with Crippen LogP contribution in [0.15, 0.2) is 5.10 Å². The van der Waals surface area contributed by atoms with Crippen molar-refractivity contribution in [2.75, 3.05) is 13.7 Å². The molecule has 5 heteroatoms. The molecule has 0 aromatic carbocycles. The Morgan fingerprint density at radius 3 is 3.00 bits per heavy atom. The lowest BCUT2D eigenvalue weighted by atomic mass is 9.89. The van der Waals surface area contributed by atoms with Crippen LogP contribution in [0.2, 0.25) is 0 Å². The van der Waals surface area contributed by atoms with Crippen molar-refractivity contribution in [3.05, 3.63) is 0 Å². The average molecular weight is 257 g/mol. The molecule has 2 atom stereocenters. The third-order valence-electron chi connectivity index (χ3n) is 2.98. The highest BCUT2D eigenvalue weighted by Crippen LogP contribution is 2.20. The molecule has 1 saturated carbocycles. The summed E-state index contributed by atoms with van der Waals surface area (Å²) in [7, 11) is 1.68. The topological polar surface area (TPSA) is 45.6 Å². The number of hydrazone groups is 1. The van der Waals surface area contributed by atoms with Gasteiger partial charge in [0.05, 0.1) is 6.61 Å². The molecule has 4 nitrogen and oxygen atoms in total. The fourth-order valence-corrected chi connectivity index (χ4v) is 2.25. The van der Waals surface area contributed by atoms with Crippen LogP contribution in [0.1, 0.15) is 39.5 Å². The first-order valence-electron chi connectivity index (χ1n) is 6.25. The summed E-state index contributed by atoms with van der Waals surface area (Å²) < 4.78 is 5.03. The van der Waals surface area contributed by atoms with Gasteiger partial charge in [0.1, 0.15) is 0 Å². The van der Waals surface area contributed by atoms with Crippen molar-refractivity contribution < 1.29 is 4.74 Å². The molecule has 0 saturated heterocycles. The van der Waals surface area contributed by atoms with Gasteiger partial charge in [0.15, 0.2) is 5.11 Å². The molecule has 0 spiro atoms. The van der Waals surface area contributed by atoms with Crippen LogP contribution in [0, 0.1) is 5.92 Å². The standard InChI is InChI=1S/C12H23N3OS/c1-9-6-4-5-7-11(9)14-15-12(17)13-10(2)8-16-3/h9-10H,4-8H2,1-3H3,(H2,13,15,17)/b14-11-/t9-,10-/m0/s1. The molecule has 2 N–H and O–H groups in total. The summed E-state index contributed by atoms with van der Waals surface area (Å²) in [6.45, 7) is 4.88. The summed E-state index contributed by atoms with van der Waals surface area (Å²) in [4.78, 5) is 0. The van der Waals surface area contributed by atoms with E-state index in [0.29, 0.717) is 17.6 Å². The van der Waals surface area contributed by atoms with Crippen LogP contribution in [-0.4, -0.2) is 30.6 Å². The number of thiocarbonyl (C=S) groups is 1. The lowest BCUT2D eigenvalue weighted by Crippen LogP contribution is -2.41. The Hall–Kier alpha value is -0.680. The Bertz CT molecular complexity index is 281. The predicted molar refractivity (Wildman–Crippen MR) is 75.3 cm³/mol. The van der Waals surface area contributed by atoms with Crippen molar-refractivity contribution in [2.24, 2.45) is 11.0 Å². The molecular formula is C12H23N3OS. The third kappa shape index (κ3) is 5.46. The van der Waals surface area contributed by atoms with Gasteiger partial charge in [0.2, 0.25) is 0 Å². The molecule has 0 amide bonds. The van der Waals surface area contributed by atoms with E-state index in [-0.39, 0.29) is 6.04 Å². The minimum atomic E-state index is 0.198. The quantitative estimate of drug-likeness (QED) is 0.598. The van der Waals surface area contributed by atoms with Crippen LogP contribution < -0.4 is 10.7 Å². The zero-order valence-corrected chi connectivity index (χ0v) is 11.8. The van der Waals surface area contributed by atoms with Gasteiger partial charge in [-0.3, -0.25) is 5.43 Å². The first-order chi connectivity index (χ1) is 8.13. The van der Waals surface area contributed by atoms with E-state index in [2.05, 4.69) is 22.8 Å². The molecule has 1 aliphatic carbocycles. The smallest absolute Gasteiger partial charge is 0.187 e. The van der Waals surface area contributed by atoms with Gasteiger partial charge in [0, 0.05) is 18.9 Å². The minimum Gasteiger partial charge on any atom is -0.383 e. The summed E-state index contributed by atoms with van der Waals surface area (Å²) in [5.74, 6) is 0.579. The van der Waals surface area contributed by atoms with Crippen molar-refractivity contribution in [2.45, 2.75) is 45.6 Å². The van der Waals surface area contributed by atoms with E-state index in [1.807, 2.05) is 6.92 Å². The molecule has 0 aromatic heterocycles. The second kappa shape index (κ2) is 7.61. The highest BCUT2D eigenvalue weighted by atomic mass is 32.1.